The summed E-state index contributed by atoms with van der Waals surface area (Å²) in [5.41, 5.74) is 3.36. The molecule has 100 valence electrons. The highest BCUT2D eigenvalue weighted by atomic mass is 16.3. The average molecular weight is 270 g/mol. The van der Waals surface area contributed by atoms with Crippen molar-refractivity contribution < 1.29 is 5.11 Å². The zero-order valence-electron chi connectivity index (χ0n) is 11.5. The molecule has 3 aromatic rings. The second kappa shape index (κ2) is 5.98. The van der Waals surface area contributed by atoms with Crippen LogP contribution in [0, 0.1) is 11.8 Å². The molecule has 0 aliphatic heterocycles. The number of hydrogen-bond donors (Lipinski definition) is 1. The molecule has 0 spiro atoms. The molecule has 3 rings (SSSR count). The van der Waals surface area contributed by atoms with Crippen molar-refractivity contribution in [1.82, 2.24) is 0 Å². The maximum absolute atomic E-state index is 10.4. The fourth-order valence-corrected chi connectivity index (χ4v) is 2.16. The Morgan fingerprint density at radius 1 is 0.619 bits per heavy atom. The van der Waals surface area contributed by atoms with Crippen molar-refractivity contribution in [2.75, 3.05) is 0 Å². The Kier molecular flexibility index (Phi) is 3.71. The van der Waals surface area contributed by atoms with Crippen LogP contribution in [0.1, 0.15) is 11.1 Å². The van der Waals surface area contributed by atoms with Crippen LogP contribution in [0.2, 0.25) is 0 Å². The summed E-state index contributed by atoms with van der Waals surface area (Å²) in [5.74, 6) is 6.34. The molecule has 0 heterocycles. The largest absolute Gasteiger partial charge is 0.506 e. The number of hydrogen-bond acceptors (Lipinski definition) is 1. The minimum absolute atomic E-state index is 0.229. The van der Waals surface area contributed by atoms with Gasteiger partial charge in [-0.05, 0) is 23.8 Å². The minimum atomic E-state index is 0.229. The fourth-order valence-electron chi connectivity index (χ4n) is 2.16. The summed E-state index contributed by atoms with van der Waals surface area (Å²) in [4.78, 5) is 0. The molecule has 1 nitrogen and oxygen atoms in total. The van der Waals surface area contributed by atoms with Gasteiger partial charge in [0.1, 0.15) is 5.75 Å². The number of aromatic hydroxyl groups is 1. The first kappa shape index (κ1) is 13.0. The zero-order chi connectivity index (χ0) is 14.5. The van der Waals surface area contributed by atoms with Gasteiger partial charge in [0.15, 0.2) is 0 Å². The summed E-state index contributed by atoms with van der Waals surface area (Å²) < 4.78 is 0. The summed E-state index contributed by atoms with van der Waals surface area (Å²) in [7, 11) is 0. The first-order valence-electron chi connectivity index (χ1n) is 6.79. The summed E-state index contributed by atoms with van der Waals surface area (Å²) in [6.45, 7) is 0. The molecule has 0 saturated carbocycles. The van der Waals surface area contributed by atoms with Gasteiger partial charge in [0.2, 0.25) is 0 Å². The van der Waals surface area contributed by atoms with Crippen LogP contribution in [0.3, 0.4) is 0 Å². The highest BCUT2D eigenvalue weighted by molar-refractivity contribution is 5.73. The Bertz CT molecular complexity index is 793. The van der Waals surface area contributed by atoms with Gasteiger partial charge in [-0.2, -0.15) is 0 Å². The van der Waals surface area contributed by atoms with Gasteiger partial charge in [-0.25, -0.2) is 0 Å². The Morgan fingerprint density at radius 3 is 2.00 bits per heavy atom. The van der Waals surface area contributed by atoms with Gasteiger partial charge in [-0.3, -0.25) is 0 Å². The molecule has 0 aliphatic carbocycles. The van der Waals surface area contributed by atoms with E-state index in [0.29, 0.717) is 5.56 Å². The SMILES string of the molecule is Oc1c(C#Cc2ccccc2)cccc1-c1ccccc1. The molecule has 0 fully saturated rings. The molecule has 0 bridgehead atoms. The van der Waals surface area contributed by atoms with Crippen molar-refractivity contribution in [1.29, 1.82) is 0 Å². The van der Waals surface area contributed by atoms with Crippen molar-refractivity contribution in [3.05, 3.63) is 90.0 Å². The first-order valence-corrected chi connectivity index (χ1v) is 6.79. The highest BCUT2D eigenvalue weighted by Crippen LogP contribution is 2.31. The van der Waals surface area contributed by atoms with Gasteiger partial charge in [0.05, 0.1) is 5.56 Å². The standard InChI is InChI=1S/C20H14O/c21-20-18(15-14-16-8-3-1-4-9-16)12-7-13-19(20)17-10-5-2-6-11-17/h1-13,21H. The molecule has 21 heavy (non-hydrogen) atoms. The van der Waals surface area contributed by atoms with Crippen LogP contribution in [-0.4, -0.2) is 5.11 Å². The van der Waals surface area contributed by atoms with E-state index >= 15 is 0 Å². The Hall–Kier alpha value is -2.98. The van der Waals surface area contributed by atoms with E-state index in [1.807, 2.05) is 78.9 Å². The smallest absolute Gasteiger partial charge is 0.139 e. The van der Waals surface area contributed by atoms with E-state index in [1.54, 1.807) is 0 Å². The Morgan fingerprint density at radius 2 is 1.29 bits per heavy atom. The lowest BCUT2D eigenvalue weighted by Crippen LogP contribution is -1.83. The second-order valence-electron chi connectivity index (χ2n) is 4.68. The summed E-state index contributed by atoms with van der Waals surface area (Å²) in [5, 5.41) is 10.4. The maximum atomic E-state index is 10.4. The van der Waals surface area contributed by atoms with Gasteiger partial charge in [-0.15, -0.1) is 0 Å². The molecule has 0 aliphatic rings. The predicted octanol–water partition coefficient (Wildman–Crippen LogP) is 4.46. The third-order valence-electron chi connectivity index (χ3n) is 3.24. The maximum Gasteiger partial charge on any atom is 0.139 e. The molecule has 0 unspecified atom stereocenters. The molecule has 1 heteroatoms. The topological polar surface area (TPSA) is 20.2 Å². The van der Waals surface area contributed by atoms with Crippen LogP contribution < -0.4 is 0 Å². The number of benzene rings is 3. The first-order chi connectivity index (χ1) is 10.3. The van der Waals surface area contributed by atoms with Crippen LogP contribution in [0.25, 0.3) is 11.1 Å². The lowest BCUT2D eigenvalue weighted by molar-refractivity contribution is 0.476. The lowest BCUT2D eigenvalue weighted by atomic mass is 10.0. The van der Waals surface area contributed by atoms with Gasteiger partial charge in [-0.1, -0.05) is 72.5 Å². The van der Waals surface area contributed by atoms with E-state index in [4.69, 9.17) is 0 Å². The van der Waals surface area contributed by atoms with Gasteiger partial charge < -0.3 is 5.11 Å². The van der Waals surface area contributed by atoms with E-state index in [9.17, 15) is 5.11 Å². The lowest BCUT2D eigenvalue weighted by Gasteiger charge is -2.06. The average Bonchev–Trinajstić information content (AvgIpc) is 2.56. The molecule has 0 aromatic heterocycles. The number of phenols is 1. The number of para-hydroxylation sites is 1. The number of rotatable bonds is 1. The van der Waals surface area contributed by atoms with Gasteiger partial charge in [0, 0.05) is 11.1 Å². The van der Waals surface area contributed by atoms with Crippen LogP contribution in [0.5, 0.6) is 5.75 Å². The van der Waals surface area contributed by atoms with Gasteiger partial charge in [0.25, 0.3) is 0 Å². The highest BCUT2D eigenvalue weighted by Gasteiger charge is 2.06. The summed E-state index contributed by atoms with van der Waals surface area (Å²) in [6, 6.07) is 25.2. The summed E-state index contributed by atoms with van der Waals surface area (Å²) in [6.07, 6.45) is 0. The molecular formula is C20H14O. The van der Waals surface area contributed by atoms with Crippen LogP contribution in [0.15, 0.2) is 78.9 Å². The Balaban J connectivity index is 2.01. The van der Waals surface area contributed by atoms with E-state index < -0.39 is 0 Å². The van der Waals surface area contributed by atoms with Crippen molar-refractivity contribution in [3.63, 3.8) is 0 Å². The van der Waals surface area contributed by atoms with E-state index in [2.05, 4.69) is 11.8 Å². The van der Waals surface area contributed by atoms with Crippen LogP contribution in [0.4, 0.5) is 0 Å². The molecular weight excluding hydrogens is 256 g/mol. The molecule has 3 aromatic carbocycles. The van der Waals surface area contributed by atoms with Crippen LogP contribution in [-0.2, 0) is 0 Å². The van der Waals surface area contributed by atoms with Gasteiger partial charge >= 0.3 is 0 Å². The quantitative estimate of drug-likeness (QED) is 0.647. The van der Waals surface area contributed by atoms with E-state index in [0.717, 1.165) is 16.7 Å². The number of phenolic OH excluding ortho intramolecular Hbond substituents is 1. The second-order valence-corrected chi connectivity index (χ2v) is 4.68. The Labute approximate surface area is 124 Å². The van der Waals surface area contributed by atoms with E-state index in [1.165, 1.54) is 0 Å². The molecule has 0 atom stereocenters. The fraction of sp³-hybridized carbons (Fsp3) is 0. The molecule has 0 radical (unpaired) electrons. The third-order valence-corrected chi connectivity index (χ3v) is 3.24. The van der Waals surface area contributed by atoms with Crippen molar-refractivity contribution >= 4 is 0 Å². The predicted molar refractivity (Wildman–Crippen MR) is 86.0 cm³/mol. The van der Waals surface area contributed by atoms with Crippen molar-refractivity contribution in [2.24, 2.45) is 0 Å². The summed E-state index contributed by atoms with van der Waals surface area (Å²) >= 11 is 0. The van der Waals surface area contributed by atoms with E-state index in [-0.39, 0.29) is 5.75 Å². The minimum Gasteiger partial charge on any atom is -0.506 e. The normalized spacial score (nSPS) is 9.71. The van der Waals surface area contributed by atoms with Crippen molar-refractivity contribution in [3.8, 4) is 28.7 Å². The molecule has 0 amide bonds. The zero-order valence-corrected chi connectivity index (χ0v) is 11.5. The molecule has 0 saturated heterocycles. The third kappa shape index (κ3) is 2.96. The van der Waals surface area contributed by atoms with Crippen LogP contribution >= 0.6 is 0 Å². The monoisotopic (exact) mass is 270 g/mol. The molecule has 1 N–H and O–H groups in total. The van der Waals surface area contributed by atoms with Crippen molar-refractivity contribution in [2.45, 2.75) is 0 Å².